The van der Waals surface area contributed by atoms with E-state index >= 15 is 0 Å². The summed E-state index contributed by atoms with van der Waals surface area (Å²) in [5, 5.41) is 9.61. The number of pyridine rings is 1. The highest BCUT2D eigenvalue weighted by Gasteiger charge is 2.33. The van der Waals surface area contributed by atoms with Crippen LogP contribution in [0, 0.1) is 0 Å². The van der Waals surface area contributed by atoms with Crippen LogP contribution in [0.5, 0.6) is 5.75 Å². The minimum Gasteiger partial charge on any atom is -0.496 e. The first-order valence-corrected chi connectivity index (χ1v) is 7.78. The Hall–Kier alpha value is -1.81. The summed E-state index contributed by atoms with van der Waals surface area (Å²) in [4.78, 5) is 4.56. The van der Waals surface area contributed by atoms with Crippen molar-refractivity contribution in [2.75, 3.05) is 12.4 Å². The molecule has 110 valence electrons. The summed E-state index contributed by atoms with van der Waals surface area (Å²) >= 11 is 0. The smallest absolute Gasteiger partial charge is 0.134 e. The van der Waals surface area contributed by atoms with Crippen molar-refractivity contribution in [2.45, 2.75) is 43.8 Å². The van der Waals surface area contributed by atoms with E-state index in [0.717, 1.165) is 22.3 Å². The topological polar surface area (TPSA) is 46.2 Å². The van der Waals surface area contributed by atoms with Gasteiger partial charge >= 0.3 is 0 Å². The zero-order chi connectivity index (χ0) is 14.2. The molecule has 4 nitrogen and oxygen atoms in total. The molecule has 2 aliphatic rings. The van der Waals surface area contributed by atoms with Gasteiger partial charge in [0.2, 0.25) is 0 Å². The van der Waals surface area contributed by atoms with Crippen LogP contribution in [0.15, 0.2) is 30.5 Å². The third-order valence-electron chi connectivity index (χ3n) is 4.80. The van der Waals surface area contributed by atoms with Gasteiger partial charge in [0, 0.05) is 35.1 Å². The Kier molecular flexibility index (Phi) is 3.19. The third-order valence-corrected chi connectivity index (χ3v) is 4.80. The maximum atomic E-state index is 5.45. The average molecular weight is 283 g/mol. The van der Waals surface area contributed by atoms with Crippen molar-refractivity contribution in [3.63, 3.8) is 0 Å². The minimum atomic E-state index is 0.521. The lowest BCUT2D eigenvalue weighted by molar-refractivity contribution is 0.378. The highest BCUT2D eigenvalue weighted by Crippen LogP contribution is 2.32. The van der Waals surface area contributed by atoms with Gasteiger partial charge < -0.3 is 15.4 Å². The average Bonchev–Trinajstić information content (AvgIpc) is 2.86. The van der Waals surface area contributed by atoms with Gasteiger partial charge in [0.25, 0.3) is 0 Å². The van der Waals surface area contributed by atoms with Gasteiger partial charge in [0.05, 0.1) is 7.11 Å². The van der Waals surface area contributed by atoms with Crippen molar-refractivity contribution in [2.24, 2.45) is 0 Å². The Morgan fingerprint density at radius 3 is 2.71 bits per heavy atom. The lowest BCUT2D eigenvalue weighted by Crippen LogP contribution is -2.43. The standard InChI is InChI=1S/C17H21N3O/c1-21-16-4-2-3-15-14(16)7-8-18-17(15)20-13-9-11-5-6-12(10-13)19-11/h2-4,7-8,11-13,19H,5-6,9-10H2,1H3,(H,18,20). The van der Waals surface area contributed by atoms with E-state index in [0.29, 0.717) is 18.1 Å². The third kappa shape index (κ3) is 2.33. The molecule has 2 aliphatic heterocycles. The predicted molar refractivity (Wildman–Crippen MR) is 84.9 cm³/mol. The number of nitrogens with one attached hydrogen (secondary N) is 2. The molecule has 0 radical (unpaired) electrons. The number of piperidine rings is 1. The van der Waals surface area contributed by atoms with Crippen molar-refractivity contribution < 1.29 is 4.74 Å². The molecule has 4 heteroatoms. The molecule has 2 aromatic rings. The van der Waals surface area contributed by atoms with Gasteiger partial charge in [-0.3, -0.25) is 0 Å². The van der Waals surface area contributed by atoms with Crippen LogP contribution in [-0.2, 0) is 0 Å². The van der Waals surface area contributed by atoms with E-state index < -0.39 is 0 Å². The van der Waals surface area contributed by atoms with Gasteiger partial charge in [0.1, 0.15) is 11.6 Å². The molecule has 0 spiro atoms. The fourth-order valence-electron chi connectivity index (χ4n) is 3.84. The number of rotatable bonds is 3. The fourth-order valence-corrected chi connectivity index (χ4v) is 3.84. The number of hydrogen-bond donors (Lipinski definition) is 2. The lowest BCUT2D eigenvalue weighted by atomic mass is 9.99. The Morgan fingerprint density at radius 1 is 1.14 bits per heavy atom. The summed E-state index contributed by atoms with van der Waals surface area (Å²) in [5.74, 6) is 1.89. The first kappa shape index (κ1) is 12.9. The Labute approximate surface area is 124 Å². The van der Waals surface area contributed by atoms with E-state index in [1.807, 2.05) is 24.4 Å². The van der Waals surface area contributed by atoms with Crippen molar-refractivity contribution in [3.05, 3.63) is 30.5 Å². The number of benzene rings is 1. The van der Waals surface area contributed by atoms with Gasteiger partial charge in [0.15, 0.2) is 0 Å². The van der Waals surface area contributed by atoms with Crippen LogP contribution in [0.1, 0.15) is 25.7 Å². The molecule has 3 heterocycles. The highest BCUT2D eigenvalue weighted by molar-refractivity contribution is 5.95. The molecule has 2 bridgehead atoms. The van der Waals surface area contributed by atoms with E-state index in [9.17, 15) is 0 Å². The number of anilines is 1. The number of aromatic nitrogens is 1. The first-order chi connectivity index (χ1) is 10.3. The summed E-state index contributed by atoms with van der Waals surface area (Å²) in [6.07, 6.45) is 6.89. The SMILES string of the molecule is COc1cccc2c(NC3CC4CCC(C3)N4)nccc12. The second-order valence-electron chi connectivity index (χ2n) is 6.17. The van der Waals surface area contributed by atoms with Crippen LogP contribution < -0.4 is 15.4 Å². The molecule has 1 aromatic heterocycles. The lowest BCUT2D eigenvalue weighted by Gasteiger charge is -2.30. The van der Waals surface area contributed by atoms with Crippen LogP contribution in [0.25, 0.3) is 10.8 Å². The quantitative estimate of drug-likeness (QED) is 0.909. The van der Waals surface area contributed by atoms with Crippen LogP contribution in [-0.4, -0.2) is 30.2 Å². The van der Waals surface area contributed by atoms with Gasteiger partial charge in [-0.1, -0.05) is 12.1 Å². The molecule has 21 heavy (non-hydrogen) atoms. The molecule has 0 amide bonds. The number of methoxy groups -OCH3 is 1. The summed E-state index contributed by atoms with van der Waals surface area (Å²) in [6.45, 7) is 0. The molecule has 4 rings (SSSR count). The molecule has 0 aliphatic carbocycles. The normalized spacial score (nSPS) is 27.8. The Morgan fingerprint density at radius 2 is 1.95 bits per heavy atom. The molecule has 2 atom stereocenters. The Balaban J connectivity index is 1.64. The highest BCUT2D eigenvalue weighted by atomic mass is 16.5. The van der Waals surface area contributed by atoms with Crippen molar-refractivity contribution in [1.29, 1.82) is 0 Å². The maximum Gasteiger partial charge on any atom is 0.134 e. The summed E-state index contributed by atoms with van der Waals surface area (Å²) < 4.78 is 5.45. The zero-order valence-corrected chi connectivity index (χ0v) is 12.3. The van der Waals surface area contributed by atoms with Crippen LogP contribution in [0.2, 0.25) is 0 Å². The van der Waals surface area contributed by atoms with Gasteiger partial charge in [-0.25, -0.2) is 4.98 Å². The number of nitrogens with zero attached hydrogens (tertiary/aromatic N) is 1. The molecule has 2 N–H and O–H groups in total. The van der Waals surface area contributed by atoms with E-state index in [2.05, 4.69) is 21.7 Å². The van der Waals surface area contributed by atoms with Crippen molar-refractivity contribution in [1.82, 2.24) is 10.3 Å². The van der Waals surface area contributed by atoms with Crippen LogP contribution in [0.3, 0.4) is 0 Å². The molecule has 2 fully saturated rings. The predicted octanol–water partition coefficient (Wildman–Crippen LogP) is 2.94. The summed E-state index contributed by atoms with van der Waals surface area (Å²) in [6, 6.07) is 10.1. The van der Waals surface area contributed by atoms with Crippen molar-refractivity contribution >= 4 is 16.6 Å². The second kappa shape index (κ2) is 5.19. The molecule has 2 unspecified atom stereocenters. The van der Waals surface area contributed by atoms with E-state index in [1.54, 1.807) is 7.11 Å². The largest absolute Gasteiger partial charge is 0.496 e. The summed E-state index contributed by atoms with van der Waals surface area (Å²) in [7, 11) is 1.72. The minimum absolute atomic E-state index is 0.521. The van der Waals surface area contributed by atoms with E-state index in [4.69, 9.17) is 4.74 Å². The number of hydrogen-bond acceptors (Lipinski definition) is 4. The van der Waals surface area contributed by atoms with Gasteiger partial charge in [-0.05, 0) is 37.8 Å². The van der Waals surface area contributed by atoms with Gasteiger partial charge in [-0.2, -0.15) is 0 Å². The van der Waals surface area contributed by atoms with Crippen LogP contribution in [0.4, 0.5) is 5.82 Å². The van der Waals surface area contributed by atoms with E-state index in [1.165, 1.54) is 25.7 Å². The summed E-state index contributed by atoms with van der Waals surface area (Å²) in [5.41, 5.74) is 0. The Bertz CT molecular complexity index is 646. The monoisotopic (exact) mass is 283 g/mol. The second-order valence-corrected chi connectivity index (χ2v) is 6.17. The molecular weight excluding hydrogens is 262 g/mol. The van der Waals surface area contributed by atoms with Crippen molar-refractivity contribution in [3.8, 4) is 5.75 Å². The van der Waals surface area contributed by atoms with Gasteiger partial charge in [-0.15, -0.1) is 0 Å². The fraction of sp³-hybridized carbons (Fsp3) is 0.471. The number of fused-ring (bicyclic) bond motifs is 3. The van der Waals surface area contributed by atoms with E-state index in [-0.39, 0.29) is 0 Å². The molecule has 0 saturated carbocycles. The number of ether oxygens (including phenoxy) is 1. The molecule has 2 saturated heterocycles. The molecular formula is C17H21N3O. The molecule has 1 aromatic carbocycles. The maximum absolute atomic E-state index is 5.45. The zero-order valence-electron chi connectivity index (χ0n) is 12.3. The van der Waals surface area contributed by atoms with Crippen LogP contribution >= 0.6 is 0 Å². The first-order valence-electron chi connectivity index (χ1n) is 7.78.